The van der Waals surface area contributed by atoms with Gasteiger partial charge in [-0.1, -0.05) is 23.7 Å². The molecule has 7 heteroatoms. The van der Waals surface area contributed by atoms with Crippen molar-refractivity contribution in [1.29, 1.82) is 0 Å². The Labute approximate surface area is 177 Å². The van der Waals surface area contributed by atoms with Gasteiger partial charge in [0.05, 0.1) is 24.0 Å². The van der Waals surface area contributed by atoms with Crippen LogP contribution in [-0.2, 0) is 9.59 Å². The Balaban J connectivity index is 1.92. The summed E-state index contributed by atoms with van der Waals surface area (Å²) in [6.07, 6.45) is 1.45. The summed E-state index contributed by atoms with van der Waals surface area (Å²) in [6, 6.07) is 14.3. The third kappa shape index (κ3) is 3.25. The van der Waals surface area contributed by atoms with Crippen LogP contribution in [0.3, 0.4) is 0 Å². The van der Waals surface area contributed by atoms with E-state index in [1.54, 1.807) is 42.5 Å². The topological polar surface area (TPSA) is 80.0 Å². The molecule has 1 fully saturated rings. The third-order valence-electron chi connectivity index (χ3n) is 4.96. The highest BCUT2D eigenvalue weighted by Crippen LogP contribution is 2.42. The Morgan fingerprint density at radius 3 is 2.57 bits per heavy atom. The van der Waals surface area contributed by atoms with Gasteiger partial charge in [0.2, 0.25) is 0 Å². The molecule has 1 N–H and O–H groups in total. The summed E-state index contributed by atoms with van der Waals surface area (Å²) in [5.41, 5.74) is 1.68. The van der Waals surface area contributed by atoms with Gasteiger partial charge in [0.15, 0.2) is 0 Å². The summed E-state index contributed by atoms with van der Waals surface area (Å²) in [5, 5.41) is 11.3. The number of furan rings is 1. The molecule has 1 atom stereocenters. The van der Waals surface area contributed by atoms with Crippen LogP contribution in [0.1, 0.15) is 22.9 Å². The summed E-state index contributed by atoms with van der Waals surface area (Å²) < 4.78 is 10.7. The fourth-order valence-corrected chi connectivity index (χ4v) is 3.82. The number of aliphatic hydroxyl groups is 1. The lowest BCUT2D eigenvalue weighted by atomic mass is 9.99. The zero-order chi connectivity index (χ0) is 21.4. The van der Waals surface area contributed by atoms with E-state index in [0.29, 0.717) is 22.8 Å². The Kier molecular flexibility index (Phi) is 5.10. The number of carbonyl (C=O) groups is 2. The second-order valence-electron chi connectivity index (χ2n) is 6.87. The SMILES string of the molecule is COc1ccc(/C(O)=C2/C(=O)C(=O)N(c3cccc(C)c3)C2c2ccco2)cc1Cl. The first-order valence-electron chi connectivity index (χ1n) is 9.17. The van der Waals surface area contributed by atoms with Crippen molar-refractivity contribution in [2.45, 2.75) is 13.0 Å². The predicted molar refractivity (Wildman–Crippen MR) is 113 cm³/mol. The molecular formula is C23H18ClNO5. The quantitative estimate of drug-likeness (QED) is 0.367. The Bertz CT molecular complexity index is 1170. The van der Waals surface area contributed by atoms with Crippen molar-refractivity contribution in [2.24, 2.45) is 0 Å². The average Bonchev–Trinajstić information content (AvgIpc) is 3.34. The highest BCUT2D eigenvalue weighted by atomic mass is 35.5. The second kappa shape index (κ2) is 7.72. The standard InChI is InChI=1S/C23H18ClNO5/c1-13-5-3-6-15(11-13)25-20(18-7-4-10-30-18)19(22(27)23(25)28)21(26)14-8-9-17(29-2)16(24)12-14/h3-12,20,26H,1-2H3/b21-19-. The van der Waals surface area contributed by atoms with E-state index < -0.39 is 17.7 Å². The highest BCUT2D eigenvalue weighted by molar-refractivity contribution is 6.51. The first-order chi connectivity index (χ1) is 14.4. The van der Waals surface area contributed by atoms with Gasteiger partial charge in [0.25, 0.3) is 11.7 Å². The molecule has 1 amide bonds. The van der Waals surface area contributed by atoms with Crippen molar-refractivity contribution in [3.05, 3.63) is 88.3 Å². The van der Waals surface area contributed by atoms with E-state index in [0.717, 1.165) is 5.56 Å². The molecule has 6 nitrogen and oxygen atoms in total. The van der Waals surface area contributed by atoms with Gasteiger partial charge in [0.1, 0.15) is 23.3 Å². The van der Waals surface area contributed by atoms with E-state index in [9.17, 15) is 14.7 Å². The molecule has 30 heavy (non-hydrogen) atoms. The normalized spacial score (nSPS) is 18.1. The fraction of sp³-hybridized carbons (Fsp3) is 0.130. The molecule has 1 saturated heterocycles. The van der Waals surface area contributed by atoms with E-state index in [4.69, 9.17) is 20.8 Å². The fourth-order valence-electron chi connectivity index (χ4n) is 3.56. The van der Waals surface area contributed by atoms with Gasteiger partial charge >= 0.3 is 0 Å². The number of hydrogen-bond donors (Lipinski definition) is 1. The van der Waals surface area contributed by atoms with Gasteiger partial charge in [-0.15, -0.1) is 0 Å². The highest BCUT2D eigenvalue weighted by Gasteiger charge is 2.48. The summed E-state index contributed by atoms with van der Waals surface area (Å²) in [4.78, 5) is 27.3. The molecule has 2 aromatic carbocycles. The predicted octanol–water partition coefficient (Wildman–Crippen LogP) is 4.88. The number of carbonyl (C=O) groups excluding carboxylic acids is 2. The maximum absolute atomic E-state index is 13.0. The first-order valence-corrected chi connectivity index (χ1v) is 9.55. The van der Waals surface area contributed by atoms with Gasteiger partial charge in [-0.3, -0.25) is 14.5 Å². The Morgan fingerprint density at radius 1 is 1.13 bits per heavy atom. The molecule has 1 unspecified atom stereocenters. The maximum Gasteiger partial charge on any atom is 0.300 e. The molecule has 0 radical (unpaired) electrons. The van der Waals surface area contributed by atoms with Gasteiger partial charge < -0.3 is 14.3 Å². The van der Waals surface area contributed by atoms with E-state index in [1.807, 2.05) is 13.0 Å². The van der Waals surface area contributed by atoms with Gasteiger partial charge in [0, 0.05) is 11.3 Å². The molecule has 152 valence electrons. The summed E-state index contributed by atoms with van der Waals surface area (Å²) >= 11 is 6.18. The molecule has 0 aliphatic carbocycles. The lowest BCUT2D eigenvalue weighted by Crippen LogP contribution is -2.29. The van der Waals surface area contributed by atoms with Crippen molar-refractivity contribution in [1.82, 2.24) is 0 Å². The number of ketones is 1. The maximum atomic E-state index is 13.0. The van der Waals surface area contributed by atoms with Crippen LogP contribution in [0.4, 0.5) is 5.69 Å². The molecule has 0 saturated carbocycles. The number of aliphatic hydroxyl groups excluding tert-OH is 1. The largest absolute Gasteiger partial charge is 0.507 e. The Morgan fingerprint density at radius 2 is 1.93 bits per heavy atom. The van der Waals surface area contributed by atoms with Gasteiger partial charge in [-0.25, -0.2) is 0 Å². The van der Waals surface area contributed by atoms with Crippen molar-refractivity contribution in [3.63, 3.8) is 0 Å². The monoisotopic (exact) mass is 423 g/mol. The van der Waals surface area contributed by atoms with E-state index in [-0.39, 0.29) is 16.4 Å². The van der Waals surface area contributed by atoms with E-state index in [2.05, 4.69) is 0 Å². The summed E-state index contributed by atoms with van der Waals surface area (Å²) in [5.74, 6) is -1.10. The van der Waals surface area contributed by atoms with Gasteiger partial charge in [-0.2, -0.15) is 0 Å². The smallest absolute Gasteiger partial charge is 0.300 e. The van der Waals surface area contributed by atoms with E-state index in [1.165, 1.54) is 24.3 Å². The number of methoxy groups -OCH3 is 1. The van der Waals surface area contributed by atoms with Crippen molar-refractivity contribution in [2.75, 3.05) is 12.0 Å². The number of rotatable bonds is 4. The zero-order valence-corrected chi connectivity index (χ0v) is 17.0. The van der Waals surface area contributed by atoms with Crippen LogP contribution in [0.25, 0.3) is 5.76 Å². The Hall–Kier alpha value is -3.51. The van der Waals surface area contributed by atoms with Crippen LogP contribution in [0.5, 0.6) is 5.75 Å². The number of halogens is 1. The lowest BCUT2D eigenvalue weighted by Gasteiger charge is -2.23. The van der Waals surface area contributed by atoms with Crippen LogP contribution in [0.15, 0.2) is 70.9 Å². The number of aryl methyl sites for hydroxylation is 1. The number of Topliss-reactive ketones (excluding diaryl/α,β-unsaturated/α-hetero) is 1. The zero-order valence-electron chi connectivity index (χ0n) is 16.3. The summed E-state index contributed by atoms with van der Waals surface area (Å²) in [7, 11) is 1.48. The number of hydrogen-bond acceptors (Lipinski definition) is 5. The van der Waals surface area contributed by atoms with Crippen LogP contribution in [0, 0.1) is 6.92 Å². The molecule has 2 heterocycles. The number of benzene rings is 2. The molecule has 0 spiro atoms. The van der Waals surface area contributed by atoms with Crippen LogP contribution in [0.2, 0.25) is 5.02 Å². The molecule has 1 aliphatic rings. The number of nitrogens with zero attached hydrogens (tertiary/aromatic N) is 1. The molecule has 3 aromatic rings. The van der Waals surface area contributed by atoms with Crippen molar-refractivity contribution >= 4 is 34.7 Å². The first kappa shape index (κ1) is 19.8. The molecular weight excluding hydrogens is 406 g/mol. The minimum atomic E-state index is -0.914. The number of anilines is 1. The van der Waals surface area contributed by atoms with Crippen LogP contribution in [-0.4, -0.2) is 23.9 Å². The molecule has 1 aliphatic heterocycles. The van der Waals surface area contributed by atoms with Crippen molar-refractivity contribution in [3.8, 4) is 5.75 Å². The second-order valence-corrected chi connectivity index (χ2v) is 7.28. The minimum absolute atomic E-state index is 0.0716. The molecule has 1 aromatic heterocycles. The van der Waals surface area contributed by atoms with E-state index >= 15 is 0 Å². The average molecular weight is 424 g/mol. The van der Waals surface area contributed by atoms with Crippen LogP contribution < -0.4 is 9.64 Å². The minimum Gasteiger partial charge on any atom is -0.507 e. The molecule has 4 rings (SSSR count). The lowest BCUT2D eigenvalue weighted by molar-refractivity contribution is -0.132. The number of ether oxygens (including phenoxy) is 1. The molecule has 0 bridgehead atoms. The summed E-state index contributed by atoms with van der Waals surface area (Å²) in [6.45, 7) is 1.89. The number of amides is 1. The van der Waals surface area contributed by atoms with Crippen molar-refractivity contribution < 1.29 is 23.8 Å². The van der Waals surface area contributed by atoms with Gasteiger partial charge in [-0.05, 0) is 55.0 Å². The van der Waals surface area contributed by atoms with Crippen LogP contribution >= 0.6 is 11.6 Å². The third-order valence-corrected chi connectivity index (χ3v) is 5.26.